The highest BCUT2D eigenvalue weighted by Gasteiger charge is 2.42. The summed E-state index contributed by atoms with van der Waals surface area (Å²) in [5, 5.41) is 10.6. The van der Waals surface area contributed by atoms with Gasteiger partial charge in [0.05, 0.1) is 37.6 Å². The molecule has 1 amide bonds. The normalized spacial score (nSPS) is 20.2. The van der Waals surface area contributed by atoms with Crippen LogP contribution in [0.5, 0.6) is 0 Å². The fourth-order valence-corrected chi connectivity index (χ4v) is 4.07. The molecule has 4 rings (SSSR count). The molecule has 0 aromatic carbocycles. The van der Waals surface area contributed by atoms with Gasteiger partial charge in [0.1, 0.15) is 18.8 Å². The van der Waals surface area contributed by atoms with Crippen LogP contribution in [0.15, 0.2) is 64.7 Å². The molecule has 31 heavy (non-hydrogen) atoms. The largest absolute Gasteiger partial charge is 0.503 e. The molecule has 2 N–H and O–H groups in total. The summed E-state index contributed by atoms with van der Waals surface area (Å²) in [4.78, 5) is 32.9. The van der Waals surface area contributed by atoms with E-state index in [0.717, 1.165) is 44.8 Å². The third kappa shape index (κ3) is 4.76. The second-order valence-electron chi connectivity index (χ2n) is 7.62. The van der Waals surface area contributed by atoms with E-state index in [4.69, 9.17) is 9.15 Å². The van der Waals surface area contributed by atoms with E-state index in [1.807, 2.05) is 0 Å². The Morgan fingerprint density at radius 1 is 1.26 bits per heavy atom. The van der Waals surface area contributed by atoms with Crippen molar-refractivity contribution in [2.75, 3.05) is 39.4 Å². The van der Waals surface area contributed by atoms with Crippen LogP contribution < -0.4 is 4.90 Å². The maximum atomic E-state index is 13.0. The van der Waals surface area contributed by atoms with Gasteiger partial charge >= 0.3 is 0 Å². The number of ether oxygens (including phenoxy) is 1. The molecule has 2 aliphatic rings. The lowest BCUT2D eigenvalue weighted by atomic mass is 9.96. The molecule has 2 aromatic heterocycles. The van der Waals surface area contributed by atoms with Crippen LogP contribution in [0.1, 0.15) is 23.8 Å². The van der Waals surface area contributed by atoms with E-state index < -0.39 is 23.5 Å². The molecule has 2 aromatic rings. The average Bonchev–Trinajstić information content (AvgIpc) is 3.41. The molecule has 0 unspecified atom stereocenters. The van der Waals surface area contributed by atoms with E-state index >= 15 is 0 Å². The lowest BCUT2D eigenvalue weighted by Gasteiger charge is -2.28. The highest BCUT2D eigenvalue weighted by molar-refractivity contribution is 6.14. The number of ketones is 1. The summed E-state index contributed by atoms with van der Waals surface area (Å²) >= 11 is 0. The minimum Gasteiger partial charge on any atom is -0.503 e. The van der Waals surface area contributed by atoms with E-state index in [9.17, 15) is 14.7 Å². The van der Waals surface area contributed by atoms with Crippen molar-refractivity contribution in [3.8, 4) is 0 Å². The van der Waals surface area contributed by atoms with Crippen molar-refractivity contribution in [1.29, 1.82) is 0 Å². The van der Waals surface area contributed by atoms with Crippen molar-refractivity contribution >= 4 is 17.8 Å². The van der Waals surface area contributed by atoms with E-state index in [1.165, 1.54) is 23.3 Å². The SMILES string of the molecule is O=C(/C=C/c1ccco1)C1=C(O)C(=O)N(CCC[NH+]2CCOCC2)[C@H]1c1ccncc1. The number of nitrogens with zero attached hydrogens (tertiary/aromatic N) is 2. The Balaban J connectivity index is 1.54. The summed E-state index contributed by atoms with van der Waals surface area (Å²) in [6.07, 6.45) is 8.37. The Bertz CT molecular complexity index is 962. The van der Waals surface area contributed by atoms with Crippen molar-refractivity contribution in [3.63, 3.8) is 0 Å². The van der Waals surface area contributed by atoms with Crippen molar-refractivity contribution in [2.45, 2.75) is 12.5 Å². The third-order valence-corrected chi connectivity index (χ3v) is 5.66. The number of hydrogen-bond acceptors (Lipinski definition) is 6. The molecule has 0 aliphatic carbocycles. The molecule has 8 heteroatoms. The number of pyridine rings is 1. The molecule has 0 spiro atoms. The summed E-state index contributed by atoms with van der Waals surface area (Å²) in [5.74, 6) is -0.919. The highest BCUT2D eigenvalue weighted by atomic mass is 16.5. The second kappa shape index (κ2) is 9.72. The fraction of sp³-hybridized carbons (Fsp3) is 0.348. The number of rotatable bonds is 8. The van der Waals surface area contributed by atoms with Crippen LogP contribution in [-0.2, 0) is 14.3 Å². The molecular formula is C23H26N3O5+. The number of amides is 1. The van der Waals surface area contributed by atoms with Crippen LogP contribution in [0, 0.1) is 0 Å². The topological polar surface area (TPSA) is 97.3 Å². The van der Waals surface area contributed by atoms with E-state index in [0.29, 0.717) is 12.3 Å². The molecule has 2 aliphatic heterocycles. The molecule has 1 fully saturated rings. The van der Waals surface area contributed by atoms with Gasteiger partial charge in [-0.1, -0.05) is 0 Å². The average molecular weight is 424 g/mol. The first-order valence-electron chi connectivity index (χ1n) is 10.5. The Morgan fingerprint density at radius 3 is 2.74 bits per heavy atom. The number of hydrogen-bond donors (Lipinski definition) is 2. The van der Waals surface area contributed by atoms with E-state index in [-0.39, 0.29) is 5.57 Å². The van der Waals surface area contributed by atoms with Gasteiger partial charge in [-0.2, -0.15) is 0 Å². The predicted molar refractivity (Wildman–Crippen MR) is 112 cm³/mol. The zero-order valence-electron chi connectivity index (χ0n) is 17.2. The Labute approximate surface area is 180 Å². The van der Waals surface area contributed by atoms with Gasteiger partial charge < -0.3 is 24.1 Å². The lowest BCUT2D eigenvalue weighted by molar-refractivity contribution is -0.908. The quantitative estimate of drug-likeness (QED) is 0.613. The zero-order valence-corrected chi connectivity index (χ0v) is 17.2. The zero-order chi connectivity index (χ0) is 21.6. The maximum Gasteiger partial charge on any atom is 0.290 e. The summed E-state index contributed by atoms with van der Waals surface area (Å²) in [6, 6.07) is 6.32. The monoisotopic (exact) mass is 424 g/mol. The second-order valence-corrected chi connectivity index (χ2v) is 7.62. The molecule has 1 saturated heterocycles. The van der Waals surface area contributed by atoms with Gasteiger partial charge in [-0.15, -0.1) is 0 Å². The summed E-state index contributed by atoms with van der Waals surface area (Å²) in [5.41, 5.74) is 0.818. The summed E-state index contributed by atoms with van der Waals surface area (Å²) in [7, 11) is 0. The number of quaternary nitrogens is 1. The van der Waals surface area contributed by atoms with Gasteiger partial charge in [0.25, 0.3) is 5.91 Å². The number of carbonyl (C=O) groups is 2. The lowest BCUT2D eigenvalue weighted by Crippen LogP contribution is -3.14. The minimum absolute atomic E-state index is 0.0812. The van der Waals surface area contributed by atoms with Gasteiger partial charge in [-0.05, 0) is 42.0 Å². The number of aliphatic hydroxyl groups is 1. The highest BCUT2D eigenvalue weighted by Crippen LogP contribution is 2.37. The number of furan rings is 1. The van der Waals surface area contributed by atoms with E-state index in [1.54, 1.807) is 41.6 Å². The molecule has 4 heterocycles. The fourth-order valence-electron chi connectivity index (χ4n) is 4.07. The number of nitrogens with one attached hydrogen (secondary N) is 1. The van der Waals surface area contributed by atoms with Gasteiger partial charge in [-0.25, -0.2) is 0 Å². The molecule has 0 saturated carbocycles. The maximum absolute atomic E-state index is 13.0. The third-order valence-electron chi connectivity index (χ3n) is 5.66. The smallest absolute Gasteiger partial charge is 0.290 e. The molecule has 1 atom stereocenters. The van der Waals surface area contributed by atoms with Crippen LogP contribution in [-0.4, -0.2) is 66.1 Å². The molecular weight excluding hydrogens is 398 g/mol. The predicted octanol–water partition coefficient (Wildman–Crippen LogP) is 0.958. The van der Waals surface area contributed by atoms with Crippen molar-refractivity contribution in [3.05, 3.63) is 71.7 Å². The number of allylic oxidation sites excluding steroid dienone is 1. The Kier molecular flexibility index (Phi) is 6.59. The first-order chi connectivity index (χ1) is 15.1. The number of aromatic nitrogens is 1. The van der Waals surface area contributed by atoms with Crippen LogP contribution in [0.3, 0.4) is 0 Å². The van der Waals surface area contributed by atoms with Crippen LogP contribution in [0.4, 0.5) is 0 Å². The molecule has 162 valence electrons. The Hall–Kier alpha value is -3.23. The van der Waals surface area contributed by atoms with Crippen molar-refractivity contribution < 1.29 is 28.7 Å². The first kappa shape index (κ1) is 21.0. The Morgan fingerprint density at radius 2 is 2.03 bits per heavy atom. The van der Waals surface area contributed by atoms with Gasteiger partial charge in [-0.3, -0.25) is 14.6 Å². The molecule has 0 bridgehead atoms. The van der Waals surface area contributed by atoms with Crippen molar-refractivity contribution in [1.82, 2.24) is 9.88 Å². The number of morpholine rings is 1. The van der Waals surface area contributed by atoms with Crippen molar-refractivity contribution in [2.24, 2.45) is 0 Å². The number of aliphatic hydroxyl groups excluding tert-OH is 1. The van der Waals surface area contributed by atoms with Crippen LogP contribution in [0.25, 0.3) is 6.08 Å². The number of carbonyl (C=O) groups excluding carboxylic acids is 2. The molecule has 0 radical (unpaired) electrons. The molecule has 8 nitrogen and oxygen atoms in total. The van der Waals surface area contributed by atoms with Crippen LogP contribution in [0.2, 0.25) is 0 Å². The summed E-state index contributed by atoms with van der Waals surface area (Å²) in [6.45, 7) is 4.75. The van der Waals surface area contributed by atoms with Gasteiger partial charge in [0, 0.05) is 25.4 Å². The standard InChI is InChI=1S/C23H25N3O5/c27-19(5-4-18-3-1-14-31-18)20-21(17-6-8-24-9-7-17)26(23(29)22(20)28)11-2-10-25-12-15-30-16-13-25/h1,3-9,14,21,28H,2,10-13,15-16H2/p+1/b5-4+/t21-/m0/s1. The first-order valence-corrected chi connectivity index (χ1v) is 10.5. The van der Waals surface area contributed by atoms with E-state index in [2.05, 4.69) is 4.98 Å². The summed E-state index contributed by atoms with van der Waals surface area (Å²) < 4.78 is 10.6. The minimum atomic E-state index is -0.649. The van der Waals surface area contributed by atoms with Gasteiger partial charge in [0.2, 0.25) is 0 Å². The van der Waals surface area contributed by atoms with Crippen LogP contribution >= 0.6 is 0 Å². The van der Waals surface area contributed by atoms with Gasteiger partial charge in [0.15, 0.2) is 11.5 Å².